The van der Waals surface area contributed by atoms with Gasteiger partial charge < -0.3 is 19.9 Å². The number of nitrogens with one attached hydrogen (secondary N) is 1. The normalized spacial score (nSPS) is 20.4. The molecule has 1 unspecified atom stereocenters. The van der Waals surface area contributed by atoms with Gasteiger partial charge in [-0.3, -0.25) is 0 Å². The van der Waals surface area contributed by atoms with E-state index in [1.165, 1.54) is 45.6 Å². The van der Waals surface area contributed by atoms with Crippen LogP contribution in [0.25, 0.3) is 0 Å². The second-order valence-corrected chi connectivity index (χ2v) is 5.33. The molecule has 0 aromatic heterocycles. The summed E-state index contributed by atoms with van der Waals surface area (Å²) in [5, 5.41) is 3.53. The predicted octanol–water partition coefficient (Wildman–Crippen LogP) is 1.42. The maximum absolute atomic E-state index is 5.50. The number of nitrogens with zero attached hydrogens (tertiary/aromatic N) is 2. The fraction of sp³-hybridized carbons (Fsp3) is 1.00. The van der Waals surface area contributed by atoms with Crippen LogP contribution in [0.3, 0.4) is 0 Å². The summed E-state index contributed by atoms with van der Waals surface area (Å²) < 4.78 is 5.50. The van der Waals surface area contributed by atoms with Crippen LogP contribution in [0.2, 0.25) is 0 Å². The zero-order chi connectivity index (χ0) is 13.9. The second kappa shape index (κ2) is 10.6. The minimum absolute atomic E-state index is 0.561. The van der Waals surface area contributed by atoms with Gasteiger partial charge in [0.25, 0.3) is 0 Å². The lowest BCUT2D eigenvalue weighted by molar-refractivity contribution is 0.0700. The van der Waals surface area contributed by atoms with Crippen molar-refractivity contribution in [3.8, 4) is 0 Å². The van der Waals surface area contributed by atoms with Gasteiger partial charge in [-0.1, -0.05) is 20.8 Å². The fourth-order valence-corrected chi connectivity index (χ4v) is 2.63. The summed E-state index contributed by atoms with van der Waals surface area (Å²) in [5.41, 5.74) is 0. The Morgan fingerprint density at radius 1 is 1.00 bits per heavy atom. The average Bonchev–Trinajstić information content (AvgIpc) is 2.48. The Labute approximate surface area is 119 Å². The van der Waals surface area contributed by atoms with Crippen LogP contribution in [0.5, 0.6) is 0 Å². The highest BCUT2D eigenvalue weighted by molar-refractivity contribution is 4.72. The average molecular weight is 271 g/mol. The molecule has 1 fully saturated rings. The van der Waals surface area contributed by atoms with Gasteiger partial charge in [-0.05, 0) is 52.1 Å². The summed E-state index contributed by atoms with van der Waals surface area (Å²) in [5.74, 6) is 0. The van der Waals surface area contributed by atoms with Crippen molar-refractivity contribution in [3.63, 3.8) is 0 Å². The topological polar surface area (TPSA) is 27.7 Å². The van der Waals surface area contributed by atoms with Gasteiger partial charge in [0, 0.05) is 12.6 Å². The monoisotopic (exact) mass is 271 g/mol. The molecule has 1 heterocycles. The third kappa shape index (κ3) is 7.25. The number of hydrogen-bond donors (Lipinski definition) is 1. The maximum Gasteiger partial charge on any atom is 0.0620 e. The van der Waals surface area contributed by atoms with E-state index in [2.05, 4.69) is 35.9 Å². The number of rotatable bonds is 10. The van der Waals surface area contributed by atoms with Gasteiger partial charge in [0.15, 0.2) is 0 Å². The molecule has 0 amide bonds. The van der Waals surface area contributed by atoms with Crippen molar-refractivity contribution in [2.24, 2.45) is 0 Å². The van der Waals surface area contributed by atoms with Crippen molar-refractivity contribution >= 4 is 0 Å². The Morgan fingerprint density at radius 3 is 2.26 bits per heavy atom. The molecule has 1 atom stereocenters. The van der Waals surface area contributed by atoms with Crippen LogP contribution in [0.1, 0.15) is 33.6 Å². The van der Waals surface area contributed by atoms with Crippen LogP contribution >= 0.6 is 0 Å². The summed E-state index contributed by atoms with van der Waals surface area (Å²) in [7, 11) is 0. The van der Waals surface area contributed by atoms with Crippen LogP contribution in [0.15, 0.2) is 0 Å². The first-order valence-corrected chi connectivity index (χ1v) is 8.05. The molecule has 0 radical (unpaired) electrons. The molecule has 0 spiro atoms. The molecule has 4 heteroatoms. The molecule has 0 aromatic carbocycles. The van der Waals surface area contributed by atoms with Crippen molar-refractivity contribution in [1.29, 1.82) is 0 Å². The SMILES string of the molecule is CCN(CC)CCCN(CC)CCC1COCCN1. The van der Waals surface area contributed by atoms with Crippen molar-refractivity contribution in [1.82, 2.24) is 15.1 Å². The third-order valence-corrected chi connectivity index (χ3v) is 4.08. The lowest BCUT2D eigenvalue weighted by atomic mass is 10.2. The van der Waals surface area contributed by atoms with Gasteiger partial charge in [-0.2, -0.15) is 0 Å². The van der Waals surface area contributed by atoms with Gasteiger partial charge in [0.2, 0.25) is 0 Å². The van der Waals surface area contributed by atoms with Crippen molar-refractivity contribution in [2.45, 2.75) is 39.7 Å². The van der Waals surface area contributed by atoms with Crippen molar-refractivity contribution < 1.29 is 4.74 Å². The van der Waals surface area contributed by atoms with Crippen LogP contribution < -0.4 is 5.32 Å². The van der Waals surface area contributed by atoms with Gasteiger partial charge in [-0.25, -0.2) is 0 Å². The minimum Gasteiger partial charge on any atom is -0.379 e. The molecule has 1 rings (SSSR count). The van der Waals surface area contributed by atoms with Crippen molar-refractivity contribution in [2.75, 3.05) is 59.0 Å². The molecule has 19 heavy (non-hydrogen) atoms. The lowest BCUT2D eigenvalue weighted by Crippen LogP contribution is -2.43. The summed E-state index contributed by atoms with van der Waals surface area (Å²) in [6.07, 6.45) is 2.49. The van der Waals surface area contributed by atoms with Gasteiger partial charge in [0.1, 0.15) is 0 Å². The molecule has 0 saturated carbocycles. The molecule has 1 N–H and O–H groups in total. The Balaban J connectivity index is 2.10. The molecular formula is C15H33N3O. The lowest BCUT2D eigenvalue weighted by Gasteiger charge is -2.28. The molecule has 114 valence electrons. The first-order valence-electron chi connectivity index (χ1n) is 8.05. The molecular weight excluding hydrogens is 238 g/mol. The number of ether oxygens (including phenoxy) is 1. The van der Waals surface area contributed by atoms with E-state index in [1.54, 1.807) is 0 Å². The van der Waals surface area contributed by atoms with Gasteiger partial charge in [-0.15, -0.1) is 0 Å². The zero-order valence-electron chi connectivity index (χ0n) is 13.2. The summed E-state index contributed by atoms with van der Waals surface area (Å²) in [6, 6.07) is 0.561. The first kappa shape index (κ1) is 16.9. The number of hydrogen-bond acceptors (Lipinski definition) is 4. The highest BCUT2D eigenvalue weighted by atomic mass is 16.5. The van der Waals surface area contributed by atoms with Crippen LogP contribution in [0.4, 0.5) is 0 Å². The van der Waals surface area contributed by atoms with Crippen LogP contribution in [-0.2, 0) is 4.74 Å². The Hall–Kier alpha value is -0.160. The van der Waals surface area contributed by atoms with E-state index in [4.69, 9.17) is 4.74 Å². The second-order valence-electron chi connectivity index (χ2n) is 5.33. The summed E-state index contributed by atoms with van der Waals surface area (Å²) >= 11 is 0. The zero-order valence-corrected chi connectivity index (χ0v) is 13.2. The molecule has 4 nitrogen and oxygen atoms in total. The van der Waals surface area contributed by atoms with E-state index >= 15 is 0 Å². The van der Waals surface area contributed by atoms with Crippen LogP contribution in [0, 0.1) is 0 Å². The standard InChI is InChI=1S/C15H33N3O/c1-4-17(5-2)10-7-11-18(6-3)12-8-15-14-19-13-9-16-15/h15-16H,4-14H2,1-3H3. The Kier molecular flexibility index (Phi) is 9.43. The Morgan fingerprint density at radius 2 is 1.68 bits per heavy atom. The first-order chi connectivity index (χ1) is 9.30. The quantitative estimate of drug-likeness (QED) is 0.650. The molecule has 1 saturated heterocycles. The summed E-state index contributed by atoms with van der Waals surface area (Å²) in [4.78, 5) is 5.07. The molecule has 1 aliphatic heterocycles. The van der Waals surface area contributed by atoms with E-state index in [-0.39, 0.29) is 0 Å². The Bertz CT molecular complexity index is 204. The smallest absolute Gasteiger partial charge is 0.0620 e. The maximum atomic E-state index is 5.50. The molecule has 0 bridgehead atoms. The van der Waals surface area contributed by atoms with Crippen molar-refractivity contribution in [3.05, 3.63) is 0 Å². The van der Waals surface area contributed by atoms with E-state index in [0.29, 0.717) is 6.04 Å². The van der Waals surface area contributed by atoms with E-state index in [0.717, 1.165) is 26.3 Å². The highest BCUT2D eigenvalue weighted by Gasteiger charge is 2.14. The highest BCUT2D eigenvalue weighted by Crippen LogP contribution is 2.02. The molecule has 0 aromatic rings. The van der Waals surface area contributed by atoms with Crippen LogP contribution in [-0.4, -0.2) is 74.9 Å². The molecule has 1 aliphatic rings. The van der Waals surface area contributed by atoms with Gasteiger partial charge in [0.05, 0.1) is 13.2 Å². The summed E-state index contributed by atoms with van der Waals surface area (Å²) in [6.45, 7) is 16.7. The largest absolute Gasteiger partial charge is 0.379 e. The minimum atomic E-state index is 0.561. The fourth-order valence-electron chi connectivity index (χ4n) is 2.63. The van der Waals surface area contributed by atoms with E-state index in [9.17, 15) is 0 Å². The van der Waals surface area contributed by atoms with E-state index in [1.807, 2.05) is 0 Å². The third-order valence-electron chi connectivity index (χ3n) is 4.08. The van der Waals surface area contributed by atoms with E-state index < -0.39 is 0 Å². The number of morpholine rings is 1. The predicted molar refractivity (Wildman–Crippen MR) is 81.7 cm³/mol. The van der Waals surface area contributed by atoms with Gasteiger partial charge >= 0.3 is 0 Å². The molecule has 0 aliphatic carbocycles.